The molecule has 19 heavy (non-hydrogen) atoms. The highest BCUT2D eigenvalue weighted by atomic mass is 32.2. The van der Waals surface area contributed by atoms with Crippen molar-refractivity contribution in [3.63, 3.8) is 0 Å². The number of carbonyl (C=O) groups is 1. The summed E-state index contributed by atoms with van der Waals surface area (Å²) in [6, 6.07) is 0. The molecule has 1 aliphatic carbocycles. The monoisotopic (exact) mass is 305 g/mol. The van der Waals surface area contributed by atoms with Crippen LogP contribution in [0, 0.1) is 5.41 Å². The Hall–Kier alpha value is -0.0700. The van der Waals surface area contributed by atoms with E-state index < -0.39 is 15.2 Å². The van der Waals surface area contributed by atoms with Gasteiger partial charge in [-0.05, 0) is 12.8 Å². The first-order chi connectivity index (χ1) is 9.03. The van der Waals surface area contributed by atoms with Crippen molar-refractivity contribution in [3.8, 4) is 0 Å². The van der Waals surface area contributed by atoms with Crippen LogP contribution in [-0.2, 0) is 14.6 Å². The molecular weight excluding hydrogens is 282 g/mol. The predicted molar refractivity (Wildman–Crippen MR) is 79.1 cm³/mol. The van der Waals surface area contributed by atoms with Crippen molar-refractivity contribution >= 4 is 27.9 Å². The van der Waals surface area contributed by atoms with E-state index in [0.29, 0.717) is 12.3 Å². The fraction of sp³-hybridized carbons (Fsp3) is 0.923. The molecule has 0 aromatic carbocycles. The summed E-state index contributed by atoms with van der Waals surface area (Å²) in [5, 5.41) is -0.395. The lowest BCUT2D eigenvalue weighted by molar-refractivity contribution is -0.117. The summed E-state index contributed by atoms with van der Waals surface area (Å²) in [7, 11) is -3.06. The first-order valence-electron chi connectivity index (χ1n) is 7.03. The third-order valence-corrected chi connectivity index (χ3v) is 7.71. The van der Waals surface area contributed by atoms with Gasteiger partial charge in [0, 0.05) is 35.8 Å². The maximum absolute atomic E-state index is 12.2. The van der Waals surface area contributed by atoms with Gasteiger partial charge in [0.2, 0.25) is 0 Å². The highest BCUT2D eigenvalue weighted by Crippen LogP contribution is 2.38. The Morgan fingerprint density at radius 3 is 2.63 bits per heavy atom. The Morgan fingerprint density at radius 1 is 1.37 bits per heavy atom. The van der Waals surface area contributed by atoms with Crippen molar-refractivity contribution in [2.24, 2.45) is 5.41 Å². The molecule has 0 bridgehead atoms. The van der Waals surface area contributed by atoms with Crippen LogP contribution in [0.25, 0.3) is 0 Å². The smallest absolute Gasteiger partial charge is 0.166 e. The Labute approximate surface area is 120 Å². The van der Waals surface area contributed by atoms with E-state index in [-0.39, 0.29) is 11.2 Å². The topological polar surface area (TPSA) is 54.5 Å². The minimum atomic E-state index is -3.06. The Morgan fingerprint density at radius 2 is 2.05 bits per heavy atom. The van der Waals surface area contributed by atoms with Gasteiger partial charge in [0.25, 0.3) is 0 Å². The van der Waals surface area contributed by atoms with Crippen molar-refractivity contribution in [1.82, 2.24) is 4.90 Å². The SMILES string of the molecule is CCS(=O)(=O)C1CSCCN1CC1(C=O)CCCC1. The van der Waals surface area contributed by atoms with E-state index in [0.717, 1.165) is 44.3 Å². The molecule has 1 unspecified atom stereocenters. The summed E-state index contributed by atoms with van der Waals surface area (Å²) in [6.07, 6.45) is 5.09. The number of sulfone groups is 1. The van der Waals surface area contributed by atoms with E-state index in [1.807, 2.05) is 0 Å². The molecule has 110 valence electrons. The van der Waals surface area contributed by atoms with Crippen LogP contribution in [0.4, 0.5) is 0 Å². The Balaban J connectivity index is 2.14. The van der Waals surface area contributed by atoms with E-state index in [4.69, 9.17) is 0 Å². The molecule has 0 aromatic rings. The van der Waals surface area contributed by atoms with Crippen molar-refractivity contribution in [2.75, 3.05) is 30.3 Å². The average Bonchev–Trinajstić information content (AvgIpc) is 2.88. The molecule has 0 radical (unpaired) electrons. The van der Waals surface area contributed by atoms with Crippen LogP contribution in [0.3, 0.4) is 0 Å². The molecule has 2 aliphatic rings. The second kappa shape index (κ2) is 6.14. The molecule has 2 rings (SSSR count). The number of aldehydes is 1. The third kappa shape index (κ3) is 3.34. The van der Waals surface area contributed by atoms with Gasteiger partial charge in [0.1, 0.15) is 11.7 Å². The zero-order valence-corrected chi connectivity index (χ0v) is 13.1. The van der Waals surface area contributed by atoms with E-state index in [1.165, 1.54) is 0 Å². The van der Waals surface area contributed by atoms with Crippen molar-refractivity contribution < 1.29 is 13.2 Å². The van der Waals surface area contributed by atoms with Gasteiger partial charge in [0.15, 0.2) is 9.84 Å². The minimum Gasteiger partial charge on any atom is -0.303 e. The van der Waals surface area contributed by atoms with Gasteiger partial charge in [0.05, 0.1) is 0 Å². The molecule has 0 aromatic heterocycles. The average molecular weight is 305 g/mol. The molecule has 6 heteroatoms. The van der Waals surface area contributed by atoms with Crippen LogP contribution in [0.15, 0.2) is 0 Å². The standard InChI is InChI=1S/C13H23NO3S2/c1-2-19(16,17)12-9-18-8-7-14(12)10-13(11-15)5-3-4-6-13/h11-12H,2-10H2,1H3. The van der Waals surface area contributed by atoms with Crippen molar-refractivity contribution in [2.45, 2.75) is 38.0 Å². The highest BCUT2D eigenvalue weighted by Gasteiger charge is 2.40. The molecule has 0 amide bonds. The van der Waals surface area contributed by atoms with Crippen LogP contribution in [0.1, 0.15) is 32.6 Å². The van der Waals surface area contributed by atoms with Gasteiger partial charge in [-0.2, -0.15) is 11.8 Å². The van der Waals surface area contributed by atoms with Gasteiger partial charge in [-0.15, -0.1) is 0 Å². The molecule has 4 nitrogen and oxygen atoms in total. The lowest BCUT2D eigenvalue weighted by atomic mass is 9.87. The van der Waals surface area contributed by atoms with Crippen molar-refractivity contribution in [1.29, 1.82) is 0 Å². The summed E-state index contributed by atoms with van der Waals surface area (Å²) in [5.74, 6) is 1.79. The lowest BCUT2D eigenvalue weighted by Crippen LogP contribution is -2.51. The van der Waals surface area contributed by atoms with Crippen LogP contribution < -0.4 is 0 Å². The van der Waals surface area contributed by atoms with E-state index >= 15 is 0 Å². The summed E-state index contributed by atoms with van der Waals surface area (Å²) in [6.45, 7) is 3.11. The van der Waals surface area contributed by atoms with Gasteiger partial charge in [-0.1, -0.05) is 19.8 Å². The quantitative estimate of drug-likeness (QED) is 0.722. The van der Waals surface area contributed by atoms with Crippen LogP contribution in [0.5, 0.6) is 0 Å². The summed E-state index contributed by atoms with van der Waals surface area (Å²) in [4.78, 5) is 13.5. The number of thioether (sulfide) groups is 1. The van der Waals surface area contributed by atoms with Gasteiger partial charge in [-0.3, -0.25) is 4.90 Å². The number of rotatable bonds is 5. The van der Waals surface area contributed by atoms with Crippen LogP contribution in [0.2, 0.25) is 0 Å². The maximum Gasteiger partial charge on any atom is 0.166 e. The molecule has 2 fully saturated rings. The van der Waals surface area contributed by atoms with Gasteiger partial charge in [-0.25, -0.2) is 8.42 Å². The molecular formula is C13H23NO3S2. The third-order valence-electron chi connectivity index (χ3n) is 4.37. The maximum atomic E-state index is 12.2. The van der Waals surface area contributed by atoms with Crippen LogP contribution in [-0.4, -0.2) is 55.3 Å². The summed E-state index contributed by atoms with van der Waals surface area (Å²) < 4.78 is 24.4. The molecule has 1 atom stereocenters. The van der Waals surface area contributed by atoms with Gasteiger partial charge >= 0.3 is 0 Å². The number of hydrogen-bond donors (Lipinski definition) is 0. The number of carbonyl (C=O) groups excluding carboxylic acids is 1. The largest absolute Gasteiger partial charge is 0.303 e. The second-order valence-electron chi connectivity index (χ2n) is 5.64. The minimum absolute atomic E-state index is 0.183. The van der Waals surface area contributed by atoms with E-state index in [9.17, 15) is 13.2 Å². The lowest BCUT2D eigenvalue weighted by Gasteiger charge is -2.39. The summed E-state index contributed by atoms with van der Waals surface area (Å²) >= 11 is 1.70. The predicted octanol–water partition coefficient (Wildman–Crippen LogP) is 1.56. The second-order valence-corrected chi connectivity index (χ2v) is 9.24. The molecule has 0 N–H and O–H groups in total. The van der Waals surface area contributed by atoms with E-state index in [1.54, 1.807) is 18.7 Å². The zero-order valence-electron chi connectivity index (χ0n) is 11.5. The Kier molecular flexibility index (Phi) is 4.95. The fourth-order valence-corrected chi connectivity index (χ4v) is 6.20. The summed E-state index contributed by atoms with van der Waals surface area (Å²) in [5.41, 5.74) is -0.288. The van der Waals surface area contributed by atoms with E-state index in [2.05, 4.69) is 4.90 Å². The molecule has 0 spiro atoms. The number of hydrogen-bond acceptors (Lipinski definition) is 5. The molecule has 1 saturated heterocycles. The van der Waals surface area contributed by atoms with Crippen LogP contribution >= 0.6 is 11.8 Å². The molecule has 1 saturated carbocycles. The zero-order chi connectivity index (χ0) is 13.9. The number of nitrogens with zero attached hydrogens (tertiary/aromatic N) is 1. The highest BCUT2D eigenvalue weighted by molar-refractivity contribution is 8.01. The fourth-order valence-electron chi connectivity index (χ4n) is 3.12. The van der Waals surface area contributed by atoms with Gasteiger partial charge < -0.3 is 4.79 Å². The Bertz CT molecular complexity index is 416. The molecule has 1 heterocycles. The molecule has 1 aliphatic heterocycles. The first-order valence-corrected chi connectivity index (χ1v) is 9.90. The normalized spacial score (nSPS) is 28.4. The first kappa shape index (κ1) is 15.3. The van der Waals surface area contributed by atoms with Crippen molar-refractivity contribution in [3.05, 3.63) is 0 Å².